The van der Waals surface area contributed by atoms with Gasteiger partial charge in [0.1, 0.15) is 23.0 Å². The maximum atomic E-state index is 14.6. The number of hydrogen-bond acceptors (Lipinski definition) is 7. The number of imidazole rings is 1. The topological polar surface area (TPSA) is 97.5 Å². The molecule has 0 spiro atoms. The van der Waals surface area contributed by atoms with Crippen molar-refractivity contribution in [1.29, 1.82) is 5.26 Å². The number of carbonyl (C=O) groups is 1. The quantitative estimate of drug-likeness (QED) is 0.238. The number of nitriles is 1. The Morgan fingerprint density at radius 1 is 1.28 bits per heavy atom. The van der Waals surface area contributed by atoms with E-state index in [2.05, 4.69) is 32.8 Å². The molecule has 1 saturated heterocycles. The Morgan fingerprint density at radius 2 is 2.08 bits per heavy atom. The first-order chi connectivity index (χ1) is 18.6. The van der Waals surface area contributed by atoms with Crippen LogP contribution in [0, 0.1) is 23.2 Å². The molecule has 1 aliphatic heterocycles. The lowest BCUT2D eigenvalue weighted by Crippen LogP contribution is -2.46. The SMILES string of the molecule is CNC(=O)c1ccc(NCC#Cc2nc3c(NC4CCN(C)CC4F)cccn3c2SC(F)(F)F)c(C#N)c1. The van der Waals surface area contributed by atoms with Crippen LogP contribution in [-0.4, -0.2) is 71.6 Å². The van der Waals surface area contributed by atoms with Crippen molar-refractivity contribution in [3.8, 4) is 17.9 Å². The number of thioether (sulfide) groups is 1. The van der Waals surface area contributed by atoms with E-state index in [0.29, 0.717) is 29.9 Å². The third kappa shape index (κ3) is 6.74. The summed E-state index contributed by atoms with van der Waals surface area (Å²) >= 11 is -0.326. The zero-order chi connectivity index (χ0) is 28.2. The summed E-state index contributed by atoms with van der Waals surface area (Å²) in [5.74, 6) is 5.11. The molecule has 0 radical (unpaired) electrons. The predicted octanol–water partition coefficient (Wildman–Crippen LogP) is 4.10. The fraction of sp³-hybridized carbons (Fsp3) is 0.346. The second-order valence-electron chi connectivity index (χ2n) is 8.85. The van der Waals surface area contributed by atoms with Crippen LogP contribution < -0.4 is 16.0 Å². The van der Waals surface area contributed by atoms with Crippen molar-refractivity contribution in [2.75, 3.05) is 44.4 Å². The molecule has 204 valence electrons. The summed E-state index contributed by atoms with van der Waals surface area (Å²) in [6.07, 6.45) is 0.855. The van der Waals surface area contributed by atoms with Gasteiger partial charge in [-0.3, -0.25) is 9.20 Å². The zero-order valence-corrected chi connectivity index (χ0v) is 21.9. The minimum Gasteiger partial charge on any atom is -0.376 e. The van der Waals surface area contributed by atoms with Crippen LogP contribution >= 0.6 is 11.8 Å². The molecule has 4 rings (SSSR count). The van der Waals surface area contributed by atoms with Gasteiger partial charge < -0.3 is 20.9 Å². The largest absolute Gasteiger partial charge is 0.447 e. The highest BCUT2D eigenvalue weighted by molar-refractivity contribution is 8.00. The molecule has 13 heteroatoms. The van der Waals surface area contributed by atoms with E-state index in [9.17, 15) is 27.6 Å². The molecule has 1 amide bonds. The van der Waals surface area contributed by atoms with Crippen LogP contribution in [0.15, 0.2) is 41.6 Å². The molecule has 3 heterocycles. The summed E-state index contributed by atoms with van der Waals surface area (Å²) in [7, 11) is 3.31. The van der Waals surface area contributed by atoms with Gasteiger partial charge in [-0.05, 0) is 49.7 Å². The van der Waals surface area contributed by atoms with Crippen LogP contribution in [0.25, 0.3) is 5.65 Å². The first kappa shape index (κ1) is 28.1. The lowest BCUT2D eigenvalue weighted by Gasteiger charge is -2.33. The Hall–Kier alpha value is -3.94. The van der Waals surface area contributed by atoms with E-state index in [0.717, 1.165) is 0 Å². The number of anilines is 2. The number of aromatic nitrogens is 2. The van der Waals surface area contributed by atoms with Gasteiger partial charge in [0.2, 0.25) is 0 Å². The summed E-state index contributed by atoms with van der Waals surface area (Å²) in [4.78, 5) is 18.1. The van der Waals surface area contributed by atoms with Crippen LogP contribution in [0.1, 0.15) is 28.0 Å². The lowest BCUT2D eigenvalue weighted by molar-refractivity contribution is -0.0330. The second-order valence-corrected chi connectivity index (χ2v) is 9.91. The molecule has 3 N–H and O–H groups in total. The number of pyridine rings is 1. The monoisotopic (exact) mass is 559 g/mol. The van der Waals surface area contributed by atoms with E-state index in [-0.39, 0.29) is 52.7 Å². The molecule has 2 aromatic heterocycles. The van der Waals surface area contributed by atoms with E-state index in [1.165, 1.54) is 29.8 Å². The summed E-state index contributed by atoms with van der Waals surface area (Å²) in [5, 5.41) is 17.8. The lowest BCUT2D eigenvalue weighted by atomic mass is 10.0. The Bertz CT molecular complexity index is 1470. The molecule has 3 aromatic rings. The van der Waals surface area contributed by atoms with Gasteiger partial charge in [0.05, 0.1) is 29.5 Å². The fourth-order valence-corrected chi connectivity index (χ4v) is 4.87. The third-order valence-electron chi connectivity index (χ3n) is 6.11. The van der Waals surface area contributed by atoms with Gasteiger partial charge >= 0.3 is 5.51 Å². The predicted molar refractivity (Wildman–Crippen MR) is 141 cm³/mol. The number of rotatable bonds is 6. The van der Waals surface area contributed by atoms with Crippen LogP contribution in [0.4, 0.5) is 28.9 Å². The van der Waals surface area contributed by atoms with Gasteiger partial charge in [0, 0.05) is 43.7 Å². The number of alkyl halides is 4. The summed E-state index contributed by atoms with van der Waals surface area (Å²) in [5.41, 5.74) is -3.08. The van der Waals surface area contributed by atoms with Gasteiger partial charge in [0.15, 0.2) is 5.65 Å². The molecule has 0 aliphatic carbocycles. The van der Waals surface area contributed by atoms with Crippen molar-refractivity contribution in [2.45, 2.75) is 29.2 Å². The highest BCUT2D eigenvalue weighted by atomic mass is 32.2. The number of hydrogen-bond donors (Lipinski definition) is 3. The van der Waals surface area contributed by atoms with Crippen LogP contribution in [0.3, 0.4) is 0 Å². The fourth-order valence-electron chi connectivity index (χ4n) is 4.21. The van der Waals surface area contributed by atoms with E-state index in [1.807, 2.05) is 18.0 Å². The number of fused-ring (bicyclic) bond motifs is 1. The first-order valence-electron chi connectivity index (χ1n) is 11.9. The summed E-state index contributed by atoms with van der Waals surface area (Å²) < 4.78 is 56.2. The van der Waals surface area contributed by atoms with Crippen LogP contribution in [-0.2, 0) is 0 Å². The van der Waals surface area contributed by atoms with Crippen LogP contribution in [0.2, 0.25) is 0 Å². The zero-order valence-electron chi connectivity index (χ0n) is 21.1. The molecule has 39 heavy (non-hydrogen) atoms. The normalized spacial score (nSPS) is 17.7. The maximum Gasteiger partial charge on any atom is 0.447 e. The number of likely N-dealkylation sites (tertiary alicyclic amines) is 1. The molecule has 1 fully saturated rings. The van der Waals surface area contributed by atoms with Gasteiger partial charge in [-0.15, -0.1) is 0 Å². The molecular weight excluding hydrogens is 534 g/mol. The number of benzene rings is 1. The average Bonchev–Trinajstić information content (AvgIpc) is 3.24. The maximum absolute atomic E-state index is 14.6. The Labute approximate surface area is 226 Å². The smallest absolute Gasteiger partial charge is 0.376 e. The van der Waals surface area contributed by atoms with E-state index in [4.69, 9.17) is 0 Å². The Kier molecular flexibility index (Phi) is 8.53. The highest BCUT2D eigenvalue weighted by Gasteiger charge is 2.33. The molecule has 0 saturated carbocycles. The van der Waals surface area contributed by atoms with Gasteiger partial charge in [-0.25, -0.2) is 9.37 Å². The number of piperidine rings is 1. The number of halogens is 4. The Morgan fingerprint density at radius 3 is 2.77 bits per heavy atom. The summed E-state index contributed by atoms with van der Waals surface area (Å²) in [6.45, 7) is 0.953. The molecule has 2 atom stereocenters. The molecule has 1 aromatic carbocycles. The average molecular weight is 560 g/mol. The molecule has 1 aliphatic rings. The van der Waals surface area contributed by atoms with Crippen molar-refractivity contribution in [1.82, 2.24) is 19.6 Å². The molecular formula is C26H25F4N7OS. The van der Waals surface area contributed by atoms with E-state index < -0.39 is 17.7 Å². The third-order valence-corrected chi connectivity index (χ3v) is 6.92. The molecule has 2 unspecified atom stereocenters. The second kappa shape index (κ2) is 11.8. The van der Waals surface area contributed by atoms with E-state index >= 15 is 0 Å². The van der Waals surface area contributed by atoms with Gasteiger partial charge in [-0.2, -0.15) is 18.4 Å². The number of amides is 1. The molecule has 0 bridgehead atoms. The minimum atomic E-state index is -4.58. The summed E-state index contributed by atoms with van der Waals surface area (Å²) in [6, 6.07) is 9.25. The number of carbonyl (C=O) groups excluding carboxylic acids is 1. The van der Waals surface area contributed by atoms with Gasteiger partial charge in [-0.1, -0.05) is 5.92 Å². The highest BCUT2D eigenvalue weighted by Crippen LogP contribution is 2.39. The van der Waals surface area contributed by atoms with Gasteiger partial charge in [0.25, 0.3) is 5.91 Å². The Balaban J connectivity index is 1.60. The van der Waals surface area contributed by atoms with Crippen molar-refractivity contribution >= 4 is 34.7 Å². The van der Waals surface area contributed by atoms with Crippen molar-refractivity contribution in [2.24, 2.45) is 0 Å². The minimum absolute atomic E-state index is 0.00221. The molecule has 8 nitrogen and oxygen atoms in total. The van der Waals surface area contributed by atoms with Crippen molar-refractivity contribution < 1.29 is 22.4 Å². The van der Waals surface area contributed by atoms with Crippen molar-refractivity contribution in [3.05, 3.63) is 53.3 Å². The first-order valence-corrected chi connectivity index (χ1v) is 12.8. The van der Waals surface area contributed by atoms with E-state index in [1.54, 1.807) is 18.2 Å². The number of nitrogens with zero attached hydrogens (tertiary/aromatic N) is 4. The standard InChI is InChI=1S/C26H25F4N7OS/c1-32-24(38)16-7-8-19(17(13-16)14-31)33-10-3-5-22-25(39-26(28,29)30)37-11-4-6-21(23(37)35-22)34-20-9-12-36(2)15-18(20)27/h4,6-8,11,13,18,20,33-34H,9-10,12,15H2,1-2H3,(H,32,38). The number of nitrogens with one attached hydrogen (secondary N) is 3. The van der Waals surface area contributed by atoms with Crippen LogP contribution in [0.5, 0.6) is 0 Å². The van der Waals surface area contributed by atoms with Crippen molar-refractivity contribution in [3.63, 3.8) is 0 Å².